The van der Waals surface area contributed by atoms with Crippen molar-refractivity contribution >= 4 is 45.6 Å². The molecule has 142 valence electrons. The molecule has 1 N–H and O–H groups in total. The molecule has 0 bridgehead atoms. The fourth-order valence-electron chi connectivity index (χ4n) is 2.21. The van der Waals surface area contributed by atoms with Crippen LogP contribution in [0.4, 0.5) is 10.1 Å². The van der Waals surface area contributed by atoms with E-state index in [-0.39, 0.29) is 28.1 Å². The van der Waals surface area contributed by atoms with E-state index >= 15 is 0 Å². The molecule has 0 unspecified atom stereocenters. The van der Waals surface area contributed by atoms with Crippen LogP contribution < -0.4 is 5.32 Å². The number of nitro benzene ring substituents is 1. The first kappa shape index (κ1) is 19.6. The number of hydrogen-bond acceptors (Lipinski definition) is 6. The molecule has 0 atom stereocenters. The second kappa shape index (κ2) is 8.68. The molecule has 0 radical (unpaired) electrons. The predicted molar refractivity (Wildman–Crippen MR) is 104 cm³/mol. The summed E-state index contributed by atoms with van der Waals surface area (Å²) in [6, 6.07) is 11.7. The fourth-order valence-corrected chi connectivity index (χ4v) is 3.16. The topological polar surface area (TPSA) is 98.0 Å². The first-order valence-electron chi connectivity index (χ1n) is 7.90. The van der Waals surface area contributed by atoms with Gasteiger partial charge in [0.05, 0.1) is 9.96 Å². The quantitative estimate of drug-likeness (QED) is 0.476. The van der Waals surface area contributed by atoms with E-state index in [0.29, 0.717) is 10.6 Å². The number of aromatic nitrogens is 2. The number of carbonyl (C=O) groups excluding carboxylic acids is 1. The van der Waals surface area contributed by atoms with Crippen molar-refractivity contribution in [1.82, 2.24) is 15.5 Å². The van der Waals surface area contributed by atoms with Crippen molar-refractivity contribution in [2.75, 3.05) is 0 Å². The number of rotatable bonds is 6. The van der Waals surface area contributed by atoms with Gasteiger partial charge >= 0.3 is 0 Å². The van der Waals surface area contributed by atoms with E-state index in [2.05, 4.69) is 15.5 Å². The van der Waals surface area contributed by atoms with Gasteiger partial charge in [0.25, 0.3) is 11.6 Å². The van der Waals surface area contributed by atoms with Gasteiger partial charge in [-0.1, -0.05) is 47.2 Å². The lowest BCUT2D eigenvalue weighted by atomic mass is 10.2. The van der Waals surface area contributed by atoms with E-state index in [1.54, 1.807) is 24.3 Å². The van der Waals surface area contributed by atoms with E-state index in [0.717, 1.165) is 16.9 Å². The zero-order chi connectivity index (χ0) is 20.1. The first-order chi connectivity index (χ1) is 13.4. The lowest BCUT2D eigenvalue weighted by molar-refractivity contribution is -0.384. The summed E-state index contributed by atoms with van der Waals surface area (Å²) in [7, 11) is 0. The Morgan fingerprint density at radius 1 is 1.21 bits per heavy atom. The van der Waals surface area contributed by atoms with Crippen LogP contribution in [-0.4, -0.2) is 21.0 Å². The van der Waals surface area contributed by atoms with Crippen molar-refractivity contribution < 1.29 is 14.1 Å². The van der Waals surface area contributed by atoms with Gasteiger partial charge in [0.1, 0.15) is 5.82 Å². The lowest BCUT2D eigenvalue weighted by Gasteiger charge is -2.02. The number of hydrogen-bond donors (Lipinski definition) is 1. The number of non-ortho nitro benzene ring substituents is 1. The van der Waals surface area contributed by atoms with Gasteiger partial charge in [-0.2, -0.15) is 0 Å². The van der Waals surface area contributed by atoms with Crippen LogP contribution in [-0.2, 0) is 6.54 Å². The zero-order valence-corrected chi connectivity index (χ0v) is 15.7. The Hall–Kier alpha value is -3.17. The van der Waals surface area contributed by atoms with Crippen molar-refractivity contribution in [3.8, 4) is 0 Å². The van der Waals surface area contributed by atoms with Crippen LogP contribution in [0.2, 0.25) is 0 Å². The summed E-state index contributed by atoms with van der Waals surface area (Å²) in [5.41, 5.74) is 1.20. The van der Waals surface area contributed by atoms with E-state index in [4.69, 9.17) is 11.6 Å². The molecule has 2 aromatic carbocycles. The maximum Gasteiger partial charge on any atom is 0.282 e. The Kier molecular flexibility index (Phi) is 6.07. The van der Waals surface area contributed by atoms with E-state index in [1.165, 1.54) is 30.3 Å². The summed E-state index contributed by atoms with van der Waals surface area (Å²) in [5.74, 6) is -0.790. The Balaban J connectivity index is 1.68. The maximum absolute atomic E-state index is 12.9. The van der Waals surface area contributed by atoms with Crippen molar-refractivity contribution in [3.63, 3.8) is 0 Å². The standard InChI is InChI=1S/C18H12ClFN4O3S/c19-15(9-12-2-1-3-14(8-12)24(26)27)17-22-23-18(28-17)16(25)21-10-11-4-6-13(20)7-5-11/h1-9H,10H2,(H,21,25). The molecule has 0 aliphatic rings. The number of nitro groups is 1. The van der Waals surface area contributed by atoms with Gasteiger partial charge in [-0.05, 0) is 29.3 Å². The van der Waals surface area contributed by atoms with Crippen LogP contribution in [0.15, 0.2) is 48.5 Å². The summed E-state index contributed by atoms with van der Waals surface area (Å²) < 4.78 is 12.9. The van der Waals surface area contributed by atoms with Crippen LogP contribution in [0.5, 0.6) is 0 Å². The van der Waals surface area contributed by atoms with Crippen molar-refractivity contribution in [2.45, 2.75) is 6.54 Å². The molecule has 0 spiro atoms. The van der Waals surface area contributed by atoms with Gasteiger partial charge < -0.3 is 5.32 Å². The fraction of sp³-hybridized carbons (Fsp3) is 0.0556. The molecule has 1 aromatic heterocycles. The minimum Gasteiger partial charge on any atom is -0.346 e. The van der Waals surface area contributed by atoms with Crippen LogP contribution >= 0.6 is 22.9 Å². The molecule has 0 saturated heterocycles. The van der Waals surface area contributed by atoms with Gasteiger partial charge in [0.2, 0.25) is 5.01 Å². The highest BCUT2D eigenvalue weighted by atomic mass is 35.5. The minimum absolute atomic E-state index is 0.0589. The Labute approximate surface area is 167 Å². The average molecular weight is 419 g/mol. The molecule has 0 aliphatic heterocycles. The van der Waals surface area contributed by atoms with Gasteiger partial charge in [0, 0.05) is 18.7 Å². The average Bonchev–Trinajstić information content (AvgIpc) is 3.18. The maximum atomic E-state index is 12.9. The Bertz CT molecular complexity index is 1050. The monoisotopic (exact) mass is 418 g/mol. The van der Waals surface area contributed by atoms with Gasteiger partial charge in [0.15, 0.2) is 5.01 Å². The highest BCUT2D eigenvalue weighted by Gasteiger charge is 2.15. The third kappa shape index (κ3) is 4.96. The summed E-state index contributed by atoms with van der Waals surface area (Å²) in [4.78, 5) is 22.5. The van der Waals surface area contributed by atoms with Gasteiger partial charge in [-0.3, -0.25) is 14.9 Å². The summed E-state index contributed by atoms with van der Waals surface area (Å²) in [6.07, 6.45) is 1.51. The molecule has 0 aliphatic carbocycles. The molecule has 3 aromatic rings. The smallest absolute Gasteiger partial charge is 0.282 e. The lowest BCUT2D eigenvalue weighted by Crippen LogP contribution is -2.22. The van der Waals surface area contributed by atoms with Crippen LogP contribution in [0, 0.1) is 15.9 Å². The van der Waals surface area contributed by atoms with Crippen molar-refractivity contribution in [3.05, 3.63) is 85.6 Å². The third-order valence-electron chi connectivity index (χ3n) is 3.56. The third-order valence-corrected chi connectivity index (χ3v) is 4.92. The van der Waals surface area contributed by atoms with E-state index < -0.39 is 10.8 Å². The second-order valence-corrected chi connectivity index (χ2v) is 6.95. The molecule has 1 amide bonds. The number of benzene rings is 2. The SMILES string of the molecule is O=C(NCc1ccc(F)cc1)c1nnc(C(Cl)=Cc2cccc([N+](=O)[O-])c2)s1. The molecule has 1 heterocycles. The number of nitrogens with one attached hydrogen (secondary N) is 1. The molecule has 0 fully saturated rings. The summed E-state index contributed by atoms with van der Waals surface area (Å²) in [6.45, 7) is 0.214. The van der Waals surface area contributed by atoms with Gasteiger partial charge in [-0.15, -0.1) is 10.2 Å². The van der Waals surface area contributed by atoms with Crippen molar-refractivity contribution in [2.24, 2.45) is 0 Å². The molecular formula is C18H12ClFN4O3S. The van der Waals surface area contributed by atoms with Crippen LogP contribution in [0.3, 0.4) is 0 Å². The van der Waals surface area contributed by atoms with Crippen LogP contribution in [0.1, 0.15) is 25.9 Å². The van der Waals surface area contributed by atoms with Crippen molar-refractivity contribution in [1.29, 1.82) is 0 Å². The molecule has 3 rings (SSSR count). The molecular weight excluding hydrogens is 407 g/mol. The largest absolute Gasteiger partial charge is 0.346 e. The molecule has 7 nitrogen and oxygen atoms in total. The van der Waals surface area contributed by atoms with E-state index in [9.17, 15) is 19.3 Å². The highest BCUT2D eigenvalue weighted by molar-refractivity contribution is 7.15. The number of carbonyl (C=O) groups is 1. The van der Waals surface area contributed by atoms with Crippen LogP contribution in [0.25, 0.3) is 11.1 Å². The summed E-state index contributed by atoms with van der Waals surface area (Å²) in [5, 5.41) is 21.8. The minimum atomic E-state index is -0.500. The zero-order valence-electron chi connectivity index (χ0n) is 14.1. The number of nitrogens with zero attached hydrogens (tertiary/aromatic N) is 3. The molecule has 28 heavy (non-hydrogen) atoms. The number of halogens is 2. The second-order valence-electron chi connectivity index (χ2n) is 5.57. The summed E-state index contributed by atoms with van der Waals surface area (Å²) >= 11 is 7.20. The first-order valence-corrected chi connectivity index (χ1v) is 9.10. The highest BCUT2D eigenvalue weighted by Crippen LogP contribution is 2.26. The molecule has 10 heteroatoms. The van der Waals surface area contributed by atoms with Gasteiger partial charge in [-0.25, -0.2) is 4.39 Å². The van der Waals surface area contributed by atoms with E-state index in [1.807, 2.05) is 0 Å². The predicted octanol–water partition coefficient (Wildman–Crippen LogP) is 4.25. The Morgan fingerprint density at radius 3 is 2.64 bits per heavy atom. The normalized spacial score (nSPS) is 11.3. The molecule has 0 saturated carbocycles. The number of amides is 1. The Morgan fingerprint density at radius 2 is 1.93 bits per heavy atom.